The summed E-state index contributed by atoms with van der Waals surface area (Å²) in [5.74, 6) is -0.0617. The molecule has 0 saturated carbocycles. The van der Waals surface area contributed by atoms with Gasteiger partial charge in [-0.15, -0.1) is 11.3 Å². The Morgan fingerprint density at radius 1 is 1.05 bits per heavy atom. The van der Waals surface area contributed by atoms with Crippen LogP contribution < -0.4 is 19.1 Å². The number of fused-ring (bicyclic) bond motifs is 1. The van der Waals surface area contributed by atoms with E-state index >= 15 is 0 Å². The van der Waals surface area contributed by atoms with Crippen molar-refractivity contribution in [2.75, 3.05) is 25.2 Å². The molecule has 5 rings (SSSR count). The van der Waals surface area contributed by atoms with Gasteiger partial charge in [-0.05, 0) is 63.1 Å². The van der Waals surface area contributed by atoms with Gasteiger partial charge < -0.3 is 19.3 Å². The molecule has 9 nitrogen and oxygen atoms in total. The van der Waals surface area contributed by atoms with Crippen LogP contribution in [0.1, 0.15) is 58.7 Å². The molecule has 0 bridgehead atoms. The Morgan fingerprint density at radius 3 is 2.54 bits per heavy atom. The Morgan fingerprint density at radius 2 is 1.85 bits per heavy atom. The van der Waals surface area contributed by atoms with Gasteiger partial charge in [-0.1, -0.05) is 30.7 Å². The molecular formula is C30H31N3O6S2. The highest BCUT2D eigenvalue weighted by Gasteiger charge is 2.46. The summed E-state index contributed by atoms with van der Waals surface area (Å²) in [6, 6.07) is 9.84. The number of aromatic nitrogens is 2. The number of Topliss-reactive ketones (excluding diaryl/α,β-unsaturated/α-hetero) is 1. The molecule has 1 atom stereocenters. The maximum absolute atomic E-state index is 14.0. The van der Waals surface area contributed by atoms with Gasteiger partial charge in [0.1, 0.15) is 5.75 Å². The smallest absolute Gasteiger partial charge is 0.296 e. The maximum atomic E-state index is 14.0. The van der Waals surface area contributed by atoms with Crippen LogP contribution >= 0.6 is 22.7 Å². The Kier molecular flexibility index (Phi) is 8.27. The highest BCUT2D eigenvalue weighted by atomic mass is 32.1. The van der Waals surface area contributed by atoms with E-state index < -0.39 is 23.5 Å². The Labute approximate surface area is 246 Å². The lowest BCUT2D eigenvalue weighted by atomic mass is 9.95. The normalized spacial score (nSPS) is 15.2. The SMILES string of the molecule is CCCCOc1ccc(C2C(C(=O)c3sc(C)nc3C)=C(O)C(=O)N2c2nc3ccc(OCC)cc3s2)cc1OC. The molecule has 1 N–H and O–H groups in total. The standard InChI is InChI=1S/C30H31N3O6S2/c1-6-8-13-39-21-12-9-18(14-22(21)37-5)25-24(26(34)28-16(3)31-17(4)40-28)27(35)29(36)33(25)30-32-20-11-10-19(38-7-2)15-23(20)41-30/h9-12,14-15,25,35H,6-8,13H2,1-5H3. The Hall–Kier alpha value is -3.96. The molecule has 0 saturated heterocycles. The van der Waals surface area contributed by atoms with Crippen LogP contribution in [-0.2, 0) is 4.79 Å². The number of carbonyl (C=O) groups excluding carboxylic acids is 2. The van der Waals surface area contributed by atoms with Crippen molar-refractivity contribution in [1.82, 2.24) is 9.97 Å². The van der Waals surface area contributed by atoms with Crippen molar-refractivity contribution in [3.8, 4) is 17.2 Å². The minimum absolute atomic E-state index is 0.0299. The number of hydrogen-bond acceptors (Lipinski definition) is 10. The molecule has 0 spiro atoms. The molecule has 1 unspecified atom stereocenters. The van der Waals surface area contributed by atoms with Crippen LogP contribution in [0.2, 0.25) is 0 Å². The second-order valence-electron chi connectivity index (χ2n) is 9.49. The van der Waals surface area contributed by atoms with E-state index in [0.29, 0.717) is 57.2 Å². The summed E-state index contributed by atoms with van der Waals surface area (Å²) in [7, 11) is 1.54. The zero-order valence-electron chi connectivity index (χ0n) is 23.5. The highest BCUT2D eigenvalue weighted by molar-refractivity contribution is 7.22. The summed E-state index contributed by atoms with van der Waals surface area (Å²) in [6.07, 6.45) is 1.88. The second-order valence-corrected chi connectivity index (χ2v) is 11.7. The molecule has 1 amide bonds. The van der Waals surface area contributed by atoms with E-state index in [0.717, 1.165) is 22.5 Å². The first kappa shape index (κ1) is 28.6. The van der Waals surface area contributed by atoms with Crippen molar-refractivity contribution in [3.05, 3.63) is 68.9 Å². The van der Waals surface area contributed by atoms with Crippen LogP contribution in [0.5, 0.6) is 17.2 Å². The van der Waals surface area contributed by atoms with E-state index in [1.54, 1.807) is 25.1 Å². The molecule has 2 aromatic carbocycles. The quantitative estimate of drug-likeness (QED) is 0.150. The molecule has 3 heterocycles. The van der Waals surface area contributed by atoms with Gasteiger partial charge in [0, 0.05) is 0 Å². The summed E-state index contributed by atoms with van der Waals surface area (Å²) in [5.41, 5.74) is 1.75. The number of benzene rings is 2. The molecule has 214 valence electrons. The van der Waals surface area contributed by atoms with Gasteiger partial charge in [0.2, 0.25) is 5.78 Å². The van der Waals surface area contributed by atoms with Crippen molar-refractivity contribution in [3.63, 3.8) is 0 Å². The number of methoxy groups -OCH3 is 1. The first-order valence-electron chi connectivity index (χ1n) is 13.4. The van der Waals surface area contributed by atoms with Crippen molar-refractivity contribution in [2.24, 2.45) is 0 Å². The number of aryl methyl sites for hydroxylation is 2. The second kappa shape index (κ2) is 11.9. The van der Waals surface area contributed by atoms with Crippen LogP contribution in [-0.4, -0.2) is 47.1 Å². The number of unbranched alkanes of at least 4 members (excludes halogenated alkanes) is 1. The summed E-state index contributed by atoms with van der Waals surface area (Å²) in [5, 5.41) is 12.3. The fraction of sp³-hybridized carbons (Fsp3) is 0.333. The number of aliphatic hydroxyl groups is 1. The van der Waals surface area contributed by atoms with Gasteiger partial charge in [-0.2, -0.15) is 0 Å². The first-order valence-corrected chi connectivity index (χ1v) is 15.0. The van der Waals surface area contributed by atoms with E-state index in [4.69, 9.17) is 19.2 Å². The molecule has 4 aromatic rings. The lowest BCUT2D eigenvalue weighted by Gasteiger charge is -2.25. The van der Waals surface area contributed by atoms with Crippen LogP contribution in [0.15, 0.2) is 47.7 Å². The van der Waals surface area contributed by atoms with Crippen molar-refractivity contribution >= 4 is 49.7 Å². The van der Waals surface area contributed by atoms with Gasteiger partial charge in [0.15, 0.2) is 22.4 Å². The molecule has 0 aliphatic carbocycles. The minimum atomic E-state index is -0.956. The van der Waals surface area contributed by atoms with Crippen LogP contribution in [0, 0.1) is 13.8 Å². The zero-order chi connectivity index (χ0) is 29.3. The van der Waals surface area contributed by atoms with Crippen LogP contribution in [0.3, 0.4) is 0 Å². The van der Waals surface area contributed by atoms with Gasteiger partial charge in [-0.3, -0.25) is 14.5 Å². The number of ketones is 1. The largest absolute Gasteiger partial charge is 0.503 e. The number of anilines is 1. The fourth-order valence-electron chi connectivity index (χ4n) is 4.77. The van der Waals surface area contributed by atoms with Gasteiger partial charge in [0.25, 0.3) is 5.91 Å². The molecule has 41 heavy (non-hydrogen) atoms. The number of thiazole rings is 2. The van der Waals surface area contributed by atoms with Crippen molar-refractivity contribution in [1.29, 1.82) is 0 Å². The minimum Gasteiger partial charge on any atom is -0.503 e. The topological polar surface area (TPSA) is 111 Å². The number of ether oxygens (including phenoxy) is 3. The molecule has 0 radical (unpaired) electrons. The lowest BCUT2D eigenvalue weighted by molar-refractivity contribution is -0.117. The third-order valence-electron chi connectivity index (χ3n) is 6.69. The van der Waals surface area contributed by atoms with E-state index in [9.17, 15) is 14.7 Å². The summed E-state index contributed by atoms with van der Waals surface area (Å²) >= 11 is 2.51. The molecule has 0 fully saturated rings. The molecular weight excluding hydrogens is 562 g/mol. The molecule has 1 aliphatic heterocycles. The number of rotatable bonds is 11. The predicted molar refractivity (Wildman–Crippen MR) is 160 cm³/mol. The molecule has 1 aliphatic rings. The van der Waals surface area contributed by atoms with Crippen LogP contribution in [0.4, 0.5) is 5.13 Å². The number of carbonyl (C=O) groups is 2. The van der Waals surface area contributed by atoms with E-state index in [1.165, 1.54) is 34.7 Å². The Bertz CT molecular complexity index is 1660. The Balaban J connectivity index is 1.64. The fourth-order valence-corrected chi connectivity index (χ4v) is 6.66. The van der Waals surface area contributed by atoms with Crippen molar-refractivity contribution in [2.45, 2.75) is 46.6 Å². The van der Waals surface area contributed by atoms with Gasteiger partial charge in [-0.25, -0.2) is 9.97 Å². The zero-order valence-corrected chi connectivity index (χ0v) is 25.1. The van der Waals surface area contributed by atoms with Crippen molar-refractivity contribution < 1.29 is 28.9 Å². The van der Waals surface area contributed by atoms with Crippen LogP contribution in [0.25, 0.3) is 10.2 Å². The monoisotopic (exact) mass is 593 g/mol. The van der Waals surface area contributed by atoms with E-state index in [2.05, 4.69) is 11.9 Å². The number of nitrogens with zero attached hydrogens (tertiary/aromatic N) is 3. The maximum Gasteiger partial charge on any atom is 0.296 e. The third kappa shape index (κ3) is 5.39. The van der Waals surface area contributed by atoms with Gasteiger partial charge in [0.05, 0.1) is 57.7 Å². The average Bonchev–Trinajstić information content (AvgIpc) is 3.61. The summed E-state index contributed by atoms with van der Waals surface area (Å²) in [4.78, 5) is 38.5. The highest BCUT2D eigenvalue weighted by Crippen LogP contribution is 2.46. The average molecular weight is 594 g/mol. The number of hydrogen-bond donors (Lipinski definition) is 1. The van der Waals surface area contributed by atoms with Gasteiger partial charge >= 0.3 is 0 Å². The third-order valence-corrected chi connectivity index (χ3v) is 8.78. The lowest BCUT2D eigenvalue weighted by Crippen LogP contribution is -2.31. The predicted octanol–water partition coefficient (Wildman–Crippen LogP) is 6.74. The summed E-state index contributed by atoms with van der Waals surface area (Å²) in [6.45, 7) is 8.59. The molecule has 11 heteroatoms. The van der Waals surface area contributed by atoms with E-state index in [1.807, 2.05) is 32.0 Å². The first-order chi connectivity index (χ1) is 19.8. The number of aliphatic hydroxyl groups excluding tert-OH is 1. The summed E-state index contributed by atoms with van der Waals surface area (Å²) < 4.78 is 18.0. The molecule has 2 aromatic heterocycles. The number of amides is 1. The van der Waals surface area contributed by atoms with E-state index in [-0.39, 0.29) is 5.57 Å².